The minimum absolute atomic E-state index is 0.815. The first kappa shape index (κ1) is 24.8. The van der Waals surface area contributed by atoms with Crippen molar-refractivity contribution in [2.24, 2.45) is 0 Å². The summed E-state index contributed by atoms with van der Waals surface area (Å²) in [6.45, 7) is 0. The number of hydrogen-bond acceptors (Lipinski definition) is 3. The molecular formula is C41H24N6. The second kappa shape index (κ2) is 9.02. The molecule has 0 aliphatic rings. The smallest absolute Gasteiger partial charge is 0.166 e. The highest BCUT2D eigenvalue weighted by Gasteiger charge is 2.24. The molecule has 0 aliphatic carbocycles. The number of imidazole rings is 1. The normalized spacial score (nSPS) is 12.3. The van der Waals surface area contributed by atoms with Gasteiger partial charge in [0.25, 0.3) is 0 Å². The maximum atomic E-state index is 5.12. The molecule has 6 heteroatoms. The molecule has 0 spiro atoms. The van der Waals surface area contributed by atoms with Gasteiger partial charge in [-0.05, 0) is 72.8 Å². The third-order valence-electron chi connectivity index (χ3n) is 9.68. The minimum atomic E-state index is 0.815. The Hall–Kier alpha value is -6.53. The first-order chi connectivity index (χ1) is 23.4. The van der Waals surface area contributed by atoms with Gasteiger partial charge in [-0.2, -0.15) is 0 Å². The minimum Gasteiger partial charge on any atom is -0.309 e. The average Bonchev–Trinajstić information content (AvgIpc) is 3.80. The summed E-state index contributed by atoms with van der Waals surface area (Å²) in [5, 5.41) is 8.15. The number of para-hydroxylation sites is 3. The highest BCUT2D eigenvalue weighted by Crippen LogP contribution is 2.45. The van der Waals surface area contributed by atoms with Gasteiger partial charge in [-0.1, -0.05) is 60.7 Å². The lowest BCUT2D eigenvalue weighted by Gasteiger charge is -2.11. The Labute approximate surface area is 267 Å². The van der Waals surface area contributed by atoms with Gasteiger partial charge in [0.15, 0.2) is 5.65 Å². The van der Waals surface area contributed by atoms with Crippen LogP contribution in [-0.4, -0.2) is 28.5 Å². The van der Waals surface area contributed by atoms with Gasteiger partial charge in [0.05, 0.1) is 22.1 Å². The van der Waals surface area contributed by atoms with Crippen LogP contribution in [0.5, 0.6) is 0 Å². The van der Waals surface area contributed by atoms with Crippen LogP contribution >= 0.6 is 0 Å². The quantitative estimate of drug-likeness (QED) is 0.186. The van der Waals surface area contributed by atoms with E-state index in [1.54, 1.807) is 0 Å². The molecule has 0 radical (unpaired) electrons. The lowest BCUT2D eigenvalue weighted by Crippen LogP contribution is -1.96. The zero-order valence-electron chi connectivity index (χ0n) is 25.0. The number of fused-ring (bicyclic) bond motifs is 16. The summed E-state index contributed by atoms with van der Waals surface area (Å²) in [6, 6.07) is 47.4. The SMILES string of the molecule is c1ccc(-n2c3ccccc3c3c2ccc2c4c5c6cccnc6n6c7ncccc7nc6c5ccc4n(-c4ccccc4)c23)cc1. The molecule has 0 bridgehead atoms. The molecule has 218 valence electrons. The molecule has 0 saturated heterocycles. The average molecular weight is 601 g/mol. The summed E-state index contributed by atoms with van der Waals surface area (Å²) < 4.78 is 6.95. The summed E-state index contributed by atoms with van der Waals surface area (Å²) in [7, 11) is 0. The predicted molar refractivity (Wildman–Crippen MR) is 192 cm³/mol. The standard InChI is InChI=1S/C41H24N6/c1-3-11-25(12-4-1)45-32-18-8-7-15-27(32)37-34(45)21-19-28-36-33(46(38(28)37)26-13-5-2-6-14-26)22-20-30-35(36)29-16-9-23-42-39(29)47-40(30)44-31-17-10-24-43-41(31)47/h1-24H. The number of pyridine rings is 3. The second-order valence-corrected chi connectivity index (χ2v) is 12.1. The summed E-state index contributed by atoms with van der Waals surface area (Å²) in [4.78, 5) is 14.8. The number of aromatic nitrogens is 6. The fourth-order valence-electron chi connectivity index (χ4n) is 7.88. The van der Waals surface area contributed by atoms with E-state index in [0.29, 0.717) is 0 Å². The molecule has 0 aliphatic heterocycles. The molecule has 6 aromatic heterocycles. The lowest BCUT2D eigenvalue weighted by molar-refractivity contribution is 1.17. The van der Waals surface area contributed by atoms with Crippen LogP contribution in [0, 0.1) is 0 Å². The van der Waals surface area contributed by atoms with Crippen molar-refractivity contribution in [2.75, 3.05) is 0 Å². The molecule has 6 heterocycles. The largest absolute Gasteiger partial charge is 0.309 e. The van der Waals surface area contributed by atoms with E-state index in [2.05, 4.69) is 129 Å². The van der Waals surface area contributed by atoms with E-state index in [9.17, 15) is 0 Å². The summed E-state index contributed by atoms with van der Waals surface area (Å²) in [5.74, 6) is 0. The third-order valence-corrected chi connectivity index (χ3v) is 9.68. The molecule has 0 N–H and O–H groups in total. The number of nitrogens with zero attached hydrogens (tertiary/aromatic N) is 6. The van der Waals surface area contributed by atoms with E-state index in [1.807, 2.05) is 30.6 Å². The van der Waals surface area contributed by atoms with Crippen molar-refractivity contribution in [3.8, 4) is 11.4 Å². The van der Waals surface area contributed by atoms with Crippen molar-refractivity contribution in [1.29, 1.82) is 0 Å². The molecule has 0 unspecified atom stereocenters. The number of rotatable bonds is 2. The van der Waals surface area contributed by atoms with Crippen LogP contribution in [0.2, 0.25) is 0 Å². The van der Waals surface area contributed by atoms with Crippen molar-refractivity contribution in [2.45, 2.75) is 0 Å². The molecule has 5 aromatic carbocycles. The Balaban J connectivity index is 1.43. The predicted octanol–water partition coefficient (Wildman–Crippen LogP) is 9.78. The first-order valence-corrected chi connectivity index (χ1v) is 15.8. The molecular weight excluding hydrogens is 576 g/mol. The molecule has 11 rings (SSSR count). The van der Waals surface area contributed by atoms with E-state index in [4.69, 9.17) is 15.0 Å². The van der Waals surface area contributed by atoms with Crippen molar-refractivity contribution in [3.63, 3.8) is 0 Å². The van der Waals surface area contributed by atoms with Crippen molar-refractivity contribution in [3.05, 3.63) is 146 Å². The Morgan fingerprint density at radius 3 is 1.81 bits per heavy atom. The molecule has 0 amide bonds. The highest BCUT2D eigenvalue weighted by atomic mass is 15.1. The van der Waals surface area contributed by atoms with Crippen molar-refractivity contribution < 1.29 is 0 Å². The van der Waals surface area contributed by atoms with Gasteiger partial charge < -0.3 is 9.13 Å². The fraction of sp³-hybridized carbons (Fsp3) is 0. The Bertz CT molecular complexity index is 3060. The summed E-state index contributed by atoms with van der Waals surface area (Å²) in [6.07, 6.45) is 3.68. The molecule has 0 saturated carbocycles. The zero-order chi connectivity index (χ0) is 30.6. The molecule has 0 atom stereocenters. The fourth-order valence-corrected chi connectivity index (χ4v) is 7.88. The molecule has 6 nitrogen and oxygen atoms in total. The monoisotopic (exact) mass is 600 g/mol. The van der Waals surface area contributed by atoms with Crippen molar-refractivity contribution >= 4 is 82.2 Å². The van der Waals surface area contributed by atoms with Crippen LogP contribution in [0.3, 0.4) is 0 Å². The van der Waals surface area contributed by atoms with Crippen LogP contribution < -0.4 is 0 Å². The number of benzene rings is 5. The van der Waals surface area contributed by atoms with Crippen LogP contribution in [0.4, 0.5) is 0 Å². The lowest BCUT2D eigenvalue weighted by atomic mass is 10.0. The van der Waals surface area contributed by atoms with Gasteiger partial charge in [-0.25, -0.2) is 15.0 Å². The summed E-state index contributed by atoms with van der Waals surface area (Å²) >= 11 is 0. The first-order valence-electron chi connectivity index (χ1n) is 15.8. The van der Waals surface area contributed by atoms with Crippen LogP contribution in [0.1, 0.15) is 0 Å². The number of hydrogen-bond donors (Lipinski definition) is 0. The molecule has 0 fully saturated rings. The van der Waals surface area contributed by atoms with Gasteiger partial charge >= 0.3 is 0 Å². The third kappa shape index (κ3) is 3.16. The van der Waals surface area contributed by atoms with Gasteiger partial charge in [0.1, 0.15) is 16.8 Å². The van der Waals surface area contributed by atoms with Crippen LogP contribution in [0.15, 0.2) is 146 Å². The Morgan fingerprint density at radius 2 is 1.00 bits per heavy atom. The maximum Gasteiger partial charge on any atom is 0.166 e. The van der Waals surface area contributed by atoms with E-state index < -0.39 is 0 Å². The Kier molecular flexibility index (Phi) is 4.75. The van der Waals surface area contributed by atoms with E-state index in [-0.39, 0.29) is 0 Å². The summed E-state index contributed by atoms with van der Waals surface area (Å²) in [5.41, 5.74) is 10.3. The maximum absolute atomic E-state index is 5.12. The van der Waals surface area contributed by atoms with Crippen LogP contribution in [0.25, 0.3) is 93.6 Å². The van der Waals surface area contributed by atoms with Gasteiger partial charge in [-0.3, -0.25) is 4.40 Å². The molecule has 11 aromatic rings. The van der Waals surface area contributed by atoms with Gasteiger partial charge in [-0.15, -0.1) is 0 Å². The zero-order valence-corrected chi connectivity index (χ0v) is 25.0. The van der Waals surface area contributed by atoms with Crippen LogP contribution in [-0.2, 0) is 0 Å². The Morgan fingerprint density at radius 1 is 0.383 bits per heavy atom. The van der Waals surface area contributed by atoms with E-state index >= 15 is 0 Å². The van der Waals surface area contributed by atoms with E-state index in [1.165, 1.54) is 38.1 Å². The topological polar surface area (TPSA) is 52.9 Å². The van der Waals surface area contributed by atoms with E-state index in [0.717, 1.165) is 55.5 Å². The van der Waals surface area contributed by atoms with Gasteiger partial charge in [0.2, 0.25) is 0 Å². The second-order valence-electron chi connectivity index (χ2n) is 12.1. The highest BCUT2D eigenvalue weighted by molar-refractivity contribution is 6.34. The molecule has 47 heavy (non-hydrogen) atoms. The van der Waals surface area contributed by atoms with Gasteiger partial charge in [0, 0.05) is 61.5 Å². The van der Waals surface area contributed by atoms with Crippen molar-refractivity contribution in [1.82, 2.24) is 28.5 Å².